The third kappa shape index (κ3) is 4.36. The molecule has 0 radical (unpaired) electrons. The van der Waals surface area contributed by atoms with E-state index in [0.717, 1.165) is 12.0 Å². The maximum atomic E-state index is 12.4. The molecule has 26 heavy (non-hydrogen) atoms. The van der Waals surface area contributed by atoms with Gasteiger partial charge in [-0.15, -0.1) is 0 Å². The fraction of sp³-hybridized carbons (Fsp3) is 0.368. The number of aryl methyl sites for hydroxylation is 2. The van der Waals surface area contributed by atoms with Crippen molar-refractivity contribution in [1.82, 2.24) is 20.0 Å². The van der Waals surface area contributed by atoms with E-state index in [1.54, 1.807) is 9.80 Å². The molecule has 1 N–H and O–H groups in total. The molecule has 1 aliphatic heterocycles. The summed E-state index contributed by atoms with van der Waals surface area (Å²) < 4.78 is 0. The summed E-state index contributed by atoms with van der Waals surface area (Å²) in [4.78, 5) is 39.2. The molecule has 0 aliphatic carbocycles. The van der Waals surface area contributed by atoms with E-state index in [4.69, 9.17) is 0 Å². The number of benzene rings is 1. The van der Waals surface area contributed by atoms with Crippen LogP contribution in [0.4, 0.5) is 0 Å². The van der Waals surface area contributed by atoms with Crippen molar-refractivity contribution in [3.63, 3.8) is 0 Å². The minimum atomic E-state index is -0.342. The molecular formula is C19H22N4O3. The third-order valence-corrected chi connectivity index (χ3v) is 4.57. The smallest absolute Gasteiger partial charge is 0.274 e. The molecule has 136 valence electrons. The Hall–Kier alpha value is -2.96. The molecule has 0 unspecified atom stereocenters. The standard InChI is InChI=1S/C19H22N4O3/c1-14-2-4-15(5-3-14)6-9-18(25)22-10-12-23(13-11-22)19(26)16-7-8-17(24)21-20-16/h2-5,7-8H,6,9-13H2,1H3,(H,21,24). The first kappa shape index (κ1) is 17.8. The largest absolute Gasteiger partial charge is 0.339 e. The minimum absolute atomic E-state index is 0.111. The average molecular weight is 354 g/mol. The summed E-state index contributed by atoms with van der Waals surface area (Å²) in [5.41, 5.74) is 2.23. The van der Waals surface area contributed by atoms with Crippen molar-refractivity contribution >= 4 is 11.8 Å². The highest BCUT2D eigenvalue weighted by molar-refractivity contribution is 5.92. The predicted molar refractivity (Wildman–Crippen MR) is 96.8 cm³/mol. The Bertz CT molecular complexity index is 816. The molecule has 7 nitrogen and oxygen atoms in total. The zero-order valence-corrected chi connectivity index (χ0v) is 14.8. The van der Waals surface area contributed by atoms with Crippen LogP contribution in [-0.4, -0.2) is 58.0 Å². The second-order valence-corrected chi connectivity index (χ2v) is 6.47. The molecule has 3 rings (SSSR count). The normalized spacial score (nSPS) is 14.3. The van der Waals surface area contributed by atoms with Crippen LogP contribution in [0.1, 0.15) is 28.0 Å². The highest BCUT2D eigenvalue weighted by Gasteiger charge is 2.25. The Balaban J connectivity index is 1.48. The van der Waals surface area contributed by atoms with Gasteiger partial charge in [0.15, 0.2) is 0 Å². The number of carbonyl (C=O) groups is 2. The van der Waals surface area contributed by atoms with Crippen molar-refractivity contribution in [3.05, 3.63) is 63.6 Å². The summed E-state index contributed by atoms with van der Waals surface area (Å²) in [6.07, 6.45) is 1.19. The number of piperazine rings is 1. The Labute approximate surface area is 151 Å². The van der Waals surface area contributed by atoms with E-state index in [1.165, 1.54) is 17.7 Å². The quantitative estimate of drug-likeness (QED) is 0.887. The van der Waals surface area contributed by atoms with E-state index in [-0.39, 0.29) is 23.1 Å². The molecule has 2 heterocycles. The predicted octanol–water partition coefficient (Wildman–Crippen LogP) is 0.996. The lowest BCUT2D eigenvalue weighted by Gasteiger charge is -2.34. The van der Waals surface area contributed by atoms with Crippen LogP contribution in [0.5, 0.6) is 0 Å². The number of nitrogens with zero attached hydrogens (tertiary/aromatic N) is 3. The van der Waals surface area contributed by atoms with Crippen LogP contribution in [0, 0.1) is 6.92 Å². The molecule has 2 amide bonds. The van der Waals surface area contributed by atoms with Gasteiger partial charge in [0, 0.05) is 38.7 Å². The third-order valence-electron chi connectivity index (χ3n) is 4.57. The number of rotatable bonds is 4. The lowest BCUT2D eigenvalue weighted by atomic mass is 10.1. The monoisotopic (exact) mass is 354 g/mol. The number of aromatic nitrogens is 2. The first-order chi connectivity index (χ1) is 12.5. The van der Waals surface area contributed by atoms with Crippen molar-refractivity contribution in [2.45, 2.75) is 19.8 Å². The maximum absolute atomic E-state index is 12.4. The lowest BCUT2D eigenvalue weighted by molar-refractivity contribution is -0.132. The van der Waals surface area contributed by atoms with Gasteiger partial charge in [-0.2, -0.15) is 5.10 Å². The van der Waals surface area contributed by atoms with Crippen LogP contribution in [0.15, 0.2) is 41.2 Å². The Morgan fingerprint density at radius 1 is 1.00 bits per heavy atom. The summed E-state index contributed by atoms with van der Waals surface area (Å²) >= 11 is 0. The van der Waals surface area contributed by atoms with E-state index in [0.29, 0.717) is 32.6 Å². The topological polar surface area (TPSA) is 86.4 Å². The van der Waals surface area contributed by atoms with Crippen LogP contribution in [0.3, 0.4) is 0 Å². The van der Waals surface area contributed by atoms with Crippen LogP contribution >= 0.6 is 0 Å². The lowest BCUT2D eigenvalue weighted by Crippen LogP contribution is -2.50. The van der Waals surface area contributed by atoms with E-state index in [9.17, 15) is 14.4 Å². The zero-order valence-electron chi connectivity index (χ0n) is 14.8. The fourth-order valence-electron chi connectivity index (χ4n) is 2.95. The number of hydrogen-bond acceptors (Lipinski definition) is 4. The van der Waals surface area contributed by atoms with Crippen LogP contribution in [-0.2, 0) is 11.2 Å². The van der Waals surface area contributed by atoms with Gasteiger partial charge in [0.1, 0.15) is 5.69 Å². The van der Waals surface area contributed by atoms with Gasteiger partial charge in [0.05, 0.1) is 0 Å². The number of hydrogen-bond donors (Lipinski definition) is 1. The van der Waals surface area contributed by atoms with E-state index >= 15 is 0 Å². The molecule has 0 atom stereocenters. The number of nitrogens with one attached hydrogen (secondary N) is 1. The second kappa shape index (κ2) is 7.95. The van der Waals surface area contributed by atoms with Crippen LogP contribution in [0.25, 0.3) is 0 Å². The molecule has 0 saturated carbocycles. The molecule has 1 saturated heterocycles. The van der Waals surface area contributed by atoms with Gasteiger partial charge in [0.2, 0.25) is 5.91 Å². The number of carbonyl (C=O) groups excluding carboxylic acids is 2. The molecule has 0 bridgehead atoms. The Kier molecular flexibility index (Phi) is 5.46. The molecule has 1 aromatic heterocycles. The number of amides is 2. The van der Waals surface area contributed by atoms with E-state index < -0.39 is 0 Å². The number of aromatic amines is 1. The van der Waals surface area contributed by atoms with Gasteiger partial charge in [-0.25, -0.2) is 5.10 Å². The fourth-order valence-corrected chi connectivity index (χ4v) is 2.95. The summed E-state index contributed by atoms with van der Waals surface area (Å²) in [6.45, 7) is 4.01. The second-order valence-electron chi connectivity index (χ2n) is 6.47. The van der Waals surface area contributed by atoms with Gasteiger partial charge < -0.3 is 9.80 Å². The highest BCUT2D eigenvalue weighted by Crippen LogP contribution is 2.10. The van der Waals surface area contributed by atoms with Crippen molar-refractivity contribution in [1.29, 1.82) is 0 Å². The van der Waals surface area contributed by atoms with Crippen LogP contribution in [0.2, 0.25) is 0 Å². The van der Waals surface area contributed by atoms with Gasteiger partial charge in [-0.1, -0.05) is 29.8 Å². The van der Waals surface area contributed by atoms with E-state index in [2.05, 4.69) is 34.5 Å². The molecule has 1 fully saturated rings. The molecule has 1 aliphatic rings. The molecule has 1 aromatic carbocycles. The summed E-state index contributed by atoms with van der Waals surface area (Å²) in [5, 5.41) is 6.03. The first-order valence-corrected chi connectivity index (χ1v) is 8.71. The van der Waals surface area contributed by atoms with Crippen molar-refractivity contribution < 1.29 is 9.59 Å². The summed E-state index contributed by atoms with van der Waals surface area (Å²) in [7, 11) is 0. The average Bonchev–Trinajstić information content (AvgIpc) is 2.67. The van der Waals surface area contributed by atoms with E-state index in [1.807, 2.05) is 6.92 Å². The van der Waals surface area contributed by atoms with Gasteiger partial charge in [-0.3, -0.25) is 14.4 Å². The highest BCUT2D eigenvalue weighted by atomic mass is 16.2. The molecular weight excluding hydrogens is 332 g/mol. The zero-order chi connectivity index (χ0) is 18.5. The minimum Gasteiger partial charge on any atom is -0.339 e. The molecule has 2 aromatic rings. The molecule has 7 heteroatoms. The Morgan fingerprint density at radius 3 is 2.27 bits per heavy atom. The van der Waals surface area contributed by atoms with Crippen molar-refractivity contribution in [2.75, 3.05) is 26.2 Å². The summed E-state index contributed by atoms with van der Waals surface area (Å²) in [6, 6.07) is 10.9. The number of H-pyrrole nitrogens is 1. The van der Waals surface area contributed by atoms with Gasteiger partial charge in [0.25, 0.3) is 11.5 Å². The van der Waals surface area contributed by atoms with Gasteiger partial charge in [-0.05, 0) is 25.0 Å². The van der Waals surface area contributed by atoms with Crippen LogP contribution < -0.4 is 5.56 Å². The molecule has 0 spiro atoms. The van der Waals surface area contributed by atoms with Crippen molar-refractivity contribution in [3.8, 4) is 0 Å². The SMILES string of the molecule is Cc1ccc(CCC(=O)N2CCN(C(=O)c3ccc(=O)[nH]n3)CC2)cc1. The summed E-state index contributed by atoms with van der Waals surface area (Å²) in [5.74, 6) is -0.118. The Morgan fingerprint density at radius 2 is 1.65 bits per heavy atom. The van der Waals surface area contributed by atoms with Crippen molar-refractivity contribution in [2.24, 2.45) is 0 Å². The maximum Gasteiger partial charge on any atom is 0.274 e. The van der Waals surface area contributed by atoms with Gasteiger partial charge >= 0.3 is 0 Å². The first-order valence-electron chi connectivity index (χ1n) is 8.71.